The van der Waals surface area contributed by atoms with Crippen molar-refractivity contribution >= 4 is 53.9 Å². The Hall–Kier alpha value is -5.92. The van der Waals surface area contributed by atoms with Crippen LogP contribution in [-0.2, 0) is 0 Å². The minimum atomic E-state index is -0.0454. The molecule has 10 rings (SSSR count). The highest BCUT2D eigenvalue weighted by molar-refractivity contribution is 6.17. The maximum Gasteiger partial charge on any atom is 0.140 e. The van der Waals surface area contributed by atoms with Crippen molar-refractivity contribution in [3.8, 4) is 22.6 Å². The predicted molar refractivity (Wildman–Crippen MR) is 193 cm³/mol. The standard InChI is InChI=1S/C45H28O/c1-2-13-28(14-3-1)31-24-12-15-29-25-26-30(27-40(29)31)41-42-36-20-8-4-16-32(36)34-18-6-10-22-38(34)44(42)46-45-39-23-11-7-19-35(39)33-17-5-9-21-37(33)43(41)45/h1-27,41H. The summed E-state index contributed by atoms with van der Waals surface area (Å²) in [5.74, 6) is 1.88. The van der Waals surface area contributed by atoms with E-state index in [0.29, 0.717) is 0 Å². The summed E-state index contributed by atoms with van der Waals surface area (Å²) in [6.45, 7) is 0. The maximum absolute atomic E-state index is 7.25. The molecule has 0 aromatic heterocycles. The van der Waals surface area contributed by atoms with Gasteiger partial charge >= 0.3 is 0 Å². The lowest BCUT2D eigenvalue weighted by Gasteiger charge is -2.33. The largest absolute Gasteiger partial charge is 0.455 e. The summed E-state index contributed by atoms with van der Waals surface area (Å²) in [4.78, 5) is 0. The monoisotopic (exact) mass is 584 g/mol. The molecule has 214 valence electrons. The molecule has 0 unspecified atom stereocenters. The molecule has 0 amide bonds. The van der Waals surface area contributed by atoms with Crippen molar-refractivity contribution in [1.29, 1.82) is 0 Å². The SMILES string of the molecule is c1ccc(-c2cccc3ccc(C4c5c(c6ccccc6c6ccccc56)Oc5c4c4ccccc4c4ccccc54)cc23)cc1. The number of hydrogen-bond acceptors (Lipinski definition) is 1. The molecule has 1 aliphatic heterocycles. The van der Waals surface area contributed by atoms with Gasteiger partial charge in [-0.2, -0.15) is 0 Å². The van der Waals surface area contributed by atoms with Crippen LogP contribution in [0.25, 0.3) is 65.0 Å². The van der Waals surface area contributed by atoms with Gasteiger partial charge in [0, 0.05) is 27.8 Å². The summed E-state index contributed by atoms with van der Waals surface area (Å²) in [6, 6.07) is 59.6. The summed E-state index contributed by atoms with van der Waals surface area (Å²) >= 11 is 0. The Bertz CT molecular complexity index is 2540. The Labute approximate surface area is 266 Å². The molecule has 1 aliphatic rings. The number of benzene rings is 9. The van der Waals surface area contributed by atoms with E-state index in [1.165, 1.54) is 70.9 Å². The zero-order valence-corrected chi connectivity index (χ0v) is 25.1. The minimum Gasteiger partial charge on any atom is -0.455 e. The third-order valence-electron chi connectivity index (χ3n) is 9.95. The second-order valence-corrected chi connectivity index (χ2v) is 12.4. The van der Waals surface area contributed by atoms with Gasteiger partial charge in [0.15, 0.2) is 0 Å². The van der Waals surface area contributed by atoms with Crippen LogP contribution in [0.4, 0.5) is 0 Å². The summed E-state index contributed by atoms with van der Waals surface area (Å²) in [7, 11) is 0. The number of fused-ring (bicyclic) bond motifs is 13. The van der Waals surface area contributed by atoms with E-state index < -0.39 is 0 Å². The van der Waals surface area contributed by atoms with E-state index in [1.807, 2.05) is 0 Å². The molecule has 0 atom stereocenters. The Morgan fingerprint density at radius 2 is 0.826 bits per heavy atom. The highest BCUT2D eigenvalue weighted by Gasteiger charge is 2.35. The quantitative estimate of drug-likeness (QED) is 0.184. The molecule has 0 radical (unpaired) electrons. The first-order valence-corrected chi connectivity index (χ1v) is 16.0. The lowest BCUT2D eigenvalue weighted by atomic mass is 9.76. The van der Waals surface area contributed by atoms with Gasteiger partial charge in [-0.3, -0.25) is 0 Å². The fourth-order valence-corrected chi connectivity index (χ4v) is 7.98. The summed E-state index contributed by atoms with van der Waals surface area (Å²) in [6.07, 6.45) is 0. The van der Waals surface area contributed by atoms with E-state index in [0.717, 1.165) is 22.3 Å². The molecule has 0 saturated carbocycles. The zero-order chi connectivity index (χ0) is 30.2. The molecule has 46 heavy (non-hydrogen) atoms. The Balaban J connectivity index is 1.39. The molecular formula is C45H28O. The number of hydrogen-bond donors (Lipinski definition) is 0. The van der Waals surface area contributed by atoms with Crippen LogP contribution in [0, 0.1) is 0 Å². The second-order valence-electron chi connectivity index (χ2n) is 12.4. The summed E-state index contributed by atoms with van der Waals surface area (Å²) in [5, 5.41) is 12.2. The van der Waals surface area contributed by atoms with Crippen molar-refractivity contribution in [3.05, 3.63) is 180 Å². The van der Waals surface area contributed by atoms with Crippen LogP contribution >= 0.6 is 0 Å². The Kier molecular flexibility index (Phi) is 5.41. The minimum absolute atomic E-state index is 0.0454. The van der Waals surface area contributed by atoms with E-state index in [-0.39, 0.29) is 5.92 Å². The third-order valence-corrected chi connectivity index (χ3v) is 9.95. The fourth-order valence-electron chi connectivity index (χ4n) is 7.98. The highest BCUT2D eigenvalue weighted by Crippen LogP contribution is 2.57. The van der Waals surface area contributed by atoms with Crippen molar-refractivity contribution in [2.24, 2.45) is 0 Å². The molecule has 0 saturated heterocycles. The molecule has 0 N–H and O–H groups in total. The van der Waals surface area contributed by atoms with Crippen LogP contribution in [-0.4, -0.2) is 0 Å². The molecule has 9 aromatic rings. The van der Waals surface area contributed by atoms with Gasteiger partial charge in [-0.1, -0.05) is 158 Å². The van der Waals surface area contributed by atoms with Crippen molar-refractivity contribution in [3.63, 3.8) is 0 Å². The topological polar surface area (TPSA) is 9.23 Å². The molecule has 0 bridgehead atoms. The molecular weight excluding hydrogens is 556 g/mol. The van der Waals surface area contributed by atoms with E-state index in [9.17, 15) is 0 Å². The van der Waals surface area contributed by atoms with Crippen molar-refractivity contribution < 1.29 is 4.74 Å². The van der Waals surface area contributed by atoms with Crippen molar-refractivity contribution in [2.45, 2.75) is 5.92 Å². The smallest absolute Gasteiger partial charge is 0.140 e. The predicted octanol–water partition coefficient (Wildman–Crippen LogP) is 12.4. The lowest BCUT2D eigenvalue weighted by molar-refractivity contribution is 0.467. The molecule has 9 aromatic carbocycles. The normalized spacial score (nSPS) is 12.9. The van der Waals surface area contributed by atoms with Gasteiger partial charge in [0.25, 0.3) is 0 Å². The summed E-state index contributed by atoms with van der Waals surface area (Å²) in [5.41, 5.74) is 6.21. The average molecular weight is 585 g/mol. The van der Waals surface area contributed by atoms with E-state index >= 15 is 0 Å². The van der Waals surface area contributed by atoms with Crippen LogP contribution < -0.4 is 4.74 Å². The van der Waals surface area contributed by atoms with Gasteiger partial charge < -0.3 is 4.74 Å². The first kappa shape index (κ1) is 25.4. The summed E-state index contributed by atoms with van der Waals surface area (Å²) < 4.78 is 7.25. The van der Waals surface area contributed by atoms with Crippen LogP contribution in [0.2, 0.25) is 0 Å². The zero-order valence-electron chi connectivity index (χ0n) is 25.1. The first-order chi connectivity index (χ1) is 22.8. The van der Waals surface area contributed by atoms with Crippen LogP contribution in [0.15, 0.2) is 164 Å². The molecule has 0 aliphatic carbocycles. The number of ether oxygens (including phenoxy) is 1. The third kappa shape index (κ3) is 3.57. The second kappa shape index (κ2) is 9.79. The van der Waals surface area contributed by atoms with E-state index in [2.05, 4.69) is 164 Å². The Morgan fingerprint density at radius 3 is 1.39 bits per heavy atom. The van der Waals surface area contributed by atoms with Crippen LogP contribution in [0.3, 0.4) is 0 Å². The van der Waals surface area contributed by atoms with E-state index in [1.54, 1.807) is 0 Å². The maximum atomic E-state index is 7.25. The molecule has 1 heteroatoms. The van der Waals surface area contributed by atoms with Gasteiger partial charge in [0.1, 0.15) is 11.5 Å². The molecule has 1 heterocycles. The van der Waals surface area contributed by atoms with Crippen LogP contribution in [0.5, 0.6) is 11.5 Å². The number of rotatable bonds is 2. The van der Waals surface area contributed by atoms with Gasteiger partial charge in [0.2, 0.25) is 0 Å². The highest BCUT2D eigenvalue weighted by atomic mass is 16.5. The van der Waals surface area contributed by atoms with Gasteiger partial charge in [0.05, 0.1) is 0 Å². The lowest BCUT2D eigenvalue weighted by Crippen LogP contribution is -2.14. The van der Waals surface area contributed by atoms with Crippen LogP contribution in [0.1, 0.15) is 22.6 Å². The van der Waals surface area contributed by atoms with Gasteiger partial charge in [-0.25, -0.2) is 0 Å². The van der Waals surface area contributed by atoms with Crippen molar-refractivity contribution in [1.82, 2.24) is 0 Å². The first-order valence-electron chi connectivity index (χ1n) is 16.0. The molecule has 0 fully saturated rings. The van der Waals surface area contributed by atoms with Crippen molar-refractivity contribution in [2.75, 3.05) is 0 Å². The average Bonchev–Trinajstić information content (AvgIpc) is 3.14. The van der Waals surface area contributed by atoms with Gasteiger partial charge in [-0.05, 0) is 65.8 Å². The molecule has 1 nitrogen and oxygen atoms in total. The fraction of sp³-hybridized carbons (Fsp3) is 0.0222. The Morgan fingerprint density at radius 1 is 0.348 bits per heavy atom. The van der Waals surface area contributed by atoms with E-state index in [4.69, 9.17) is 4.74 Å². The molecule has 0 spiro atoms. The van der Waals surface area contributed by atoms with Gasteiger partial charge in [-0.15, -0.1) is 0 Å².